The molecule has 0 radical (unpaired) electrons. The molecule has 0 aliphatic rings. The number of carbonyl (C=O) groups excluding carboxylic acids is 1. The molecule has 0 aliphatic carbocycles. The summed E-state index contributed by atoms with van der Waals surface area (Å²) in [6.07, 6.45) is 2.36. The van der Waals surface area contributed by atoms with Gasteiger partial charge in [-0.3, -0.25) is 14.2 Å². The molecular weight excluding hydrogens is 448 g/mol. The summed E-state index contributed by atoms with van der Waals surface area (Å²) < 4.78 is 6.95. The van der Waals surface area contributed by atoms with E-state index >= 15 is 0 Å². The van der Waals surface area contributed by atoms with Crippen molar-refractivity contribution < 1.29 is 9.53 Å². The Balaban J connectivity index is 1.61. The number of anilines is 1. The van der Waals surface area contributed by atoms with Crippen molar-refractivity contribution in [1.82, 2.24) is 4.57 Å². The molecule has 1 amide bonds. The largest absolute Gasteiger partial charge is 0.497 e. The van der Waals surface area contributed by atoms with Crippen molar-refractivity contribution >= 4 is 22.5 Å². The number of benzene rings is 3. The summed E-state index contributed by atoms with van der Waals surface area (Å²) in [6.45, 7) is 6.32. The zero-order valence-corrected chi connectivity index (χ0v) is 21.5. The minimum atomic E-state index is -0.245. The third-order valence-corrected chi connectivity index (χ3v) is 6.66. The second-order valence-electron chi connectivity index (χ2n) is 9.48. The van der Waals surface area contributed by atoms with Crippen molar-refractivity contribution in [2.24, 2.45) is 0 Å². The lowest BCUT2D eigenvalue weighted by atomic mass is 10.0. The van der Waals surface area contributed by atoms with Crippen LogP contribution in [0.25, 0.3) is 10.9 Å². The lowest BCUT2D eigenvalue weighted by Crippen LogP contribution is -2.30. The molecule has 4 aromatic rings. The fraction of sp³-hybridized carbons (Fsp3) is 0.290. The maximum absolute atomic E-state index is 13.6. The molecule has 0 bridgehead atoms. The van der Waals surface area contributed by atoms with Gasteiger partial charge in [0.2, 0.25) is 5.91 Å². The number of methoxy groups -OCH3 is 1. The predicted molar refractivity (Wildman–Crippen MR) is 147 cm³/mol. The van der Waals surface area contributed by atoms with E-state index in [0.29, 0.717) is 34.9 Å². The molecule has 3 aromatic carbocycles. The Morgan fingerprint density at radius 1 is 0.917 bits per heavy atom. The van der Waals surface area contributed by atoms with Gasteiger partial charge in [-0.15, -0.1) is 0 Å². The normalized spacial score (nSPS) is 11.1. The highest BCUT2D eigenvalue weighted by molar-refractivity contribution is 5.92. The van der Waals surface area contributed by atoms with Crippen LogP contribution in [0.4, 0.5) is 5.69 Å². The van der Waals surface area contributed by atoms with Gasteiger partial charge in [-0.1, -0.05) is 57.2 Å². The minimum Gasteiger partial charge on any atom is -0.497 e. The molecule has 0 saturated carbocycles. The summed E-state index contributed by atoms with van der Waals surface area (Å²) in [7, 11) is 1.59. The second kappa shape index (κ2) is 11.3. The standard InChI is InChI=1S/C31H34N2O3/c1-5-22-6-8-23(9-7-22)10-11-26-18-25-14-17-28(36-4)19-29(25)33(31(26)35)20-30(34)32-27-15-12-24(13-16-27)21(2)3/h6-9,12-19,21H,5,10-11,20H2,1-4H3,(H,32,34). The summed E-state index contributed by atoms with van der Waals surface area (Å²) in [6, 6.07) is 23.9. The Bertz CT molecular complexity index is 1400. The van der Waals surface area contributed by atoms with Gasteiger partial charge in [-0.05, 0) is 77.6 Å². The SMILES string of the molecule is CCc1ccc(CCc2cc3ccc(OC)cc3n(CC(=O)Nc3ccc(C(C)C)cc3)c2=O)cc1. The van der Waals surface area contributed by atoms with Crippen molar-refractivity contribution in [3.05, 3.63) is 105 Å². The van der Waals surface area contributed by atoms with E-state index in [1.165, 1.54) is 16.7 Å². The summed E-state index contributed by atoms with van der Waals surface area (Å²) in [5, 5.41) is 3.84. The minimum absolute atomic E-state index is 0.0759. The molecule has 0 unspecified atom stereocenters. The molecule has 1 N–H and O–H groups in total. The van der Waals surface area contributed by atoms with Crippen LogP contribution in [0.5, 0.6) is 5.75 Å². The predicted octanol–water partition coefficient (Wildman–Crippen LogP) is 6.12. The number of pyridine rings is 1. The monoisotopic (exact) mass is 482 g/mol. The Labute approximate surface area is 212 Å². The number of ether oxygens (including phenoxy) is 1. The molecule has 186 valence electrons. The number of nitrogens with one attached hydrogen (secondary N) is 1. The van der Waals surface area contributed by atoms with Gasteiger partial charge >= 0.3 is 0 Å². The van der Waals surface area contributed by atoms with E-state index in [4.69, 9.17) is 4.74 Å². The number of hydrogen-bond acceptors (Lipinski definition) is 3. The molecule has 0 atom stereocenters. The first-order valence-corrected chi connectivity index (χ1v) is 12.6. The number of carbonyl (C=O) groups is 1. The van der Waals surface area contributed by atoms with E-state index in [-0.39, 0.29) is 18.0 Å². The van der Waals surface area contributed by atoms with Crippen molar-refractivity contribution in [2.45, 2.75) is 52.5 Å². The summed E-state index contributed by atoms with van der Waals surface area (Å²) in [5.74, 6) is 0.817. The van der Waals surface area contributed by atoms with E-state index < -0.39 is 0 Å². The van der Waals surface area contributed by atoms with Crippen LogP contribution in [0, 0.1) is 0 Å². The molecular formula is C31H34N2O3. The first-order valence-electron chi connectivity index (χ1n) is 12.6. The Morgan fingerprint density at radius 3 is 2.25 bits per heavy atom. The highest BCUT2D eigenvalue weighted by Gasteiger charge is 2.14. The quantitative estimate of drug-likeness (QED) is 0.313. The number of amides is 1. The fourth-order valence-electron chi connectivity index (χ4n) is 4.39. The van der Waals surface area contributed by atoms with Crippen LogP contribution < -0.4 is 15.6 Å². The van der Waals surface area contributed by atoms with Gasteiger partial charge in [0.05, 0.1) is 12.6 Å². The van der Waals surface area contributed by atoms with Crippen LogP contribution >= 0.6 is 0 Å². The zero-order valence-electron chi connectivity index (χ0n) is 21.5. The van der Waals surface area contributed by atoms with Gasteiger partial charge in [0.25, 0.3) is 5.56 Å². The Hall–Kier alpha value is -3.86. The average molecular weight is 483 g/mol. The summed E-state index contributed by atoms with van der Waals surface area (Å²) in [5.41, 5.74) is 5.64. The average Bonchev–Trinajstić information content (AvgIpc) is 2.89. The number of hydrogen-bond donors (Lipinski definition) is 1. The number of aromatic nitrogens is 1. The van der Waals surface area contributed by atoms with Crippen LogP contribution in [0.3, 0.4) is 0 Å². The molecule has 0 saturated heterocycles. The maximum atomic E-state index is 13.6. The van der Waals surface area contributed by atoms with Gasteiger partial charge in [0.15, 0.2) is 0 Å². The molecule has 5 heteroatoms. The van der Waals surface area contributed by atoms with Crippen LogP contribution in [-0.4, -0.2) is 17.6 Å². The van der Waals surface area contributed by atoms with E-state index in [0.717, 1.165) is 18.2 Å². The third-order valence-electron chi connectivity index (χ3n) is 6.66. The number of rotatable bonds is 9. The molecule has 0 spiro atoms. The van der Waals surface area contributed by atoms with Gasteiger partial charge in [0, 0.05) is 17.3 Å². The maximum Gasteiger partial charge on any atom is 0.254 e. The van der Waals surface area contributed by atoms with Crippen LogP contribution in [-0.2, 0) is 30.6 Å². The number of aryl methyl sites for hydroxylation is 3. The van der Waals surface area contributed by atoms with Crippen LogP contribution in [0.2, 0.25) is 0 Å². The van der Waals surface area contributed by atoms with Crippen LogP contribution in [0.1, 0.15) is 48.9 Å². The molecule has 1 aromatic heterocycles. The molecule has 0 fully saturated rings. The summed E-state index contributed by atoms with van der Waals surface area (Å²) >= 11 is 0. The van der Waals surface area contributed by atoms with Crippen molar-refractivity contribution in [3.63, 3.8) is 0 Å². The lowest BCUT2D eigenvalue weighted by Gasteiger charge is -2.15. The molecule has 4 rings (SSSR count). The number of fused-ring (bicyclic) bond motifs is 1. The fourth-order valence-corrected chi connectivity index (χ4v) is 4.39. The molecule has 5 nitrogen and oxygen atoms in total. The third kappa shape index (κ3) is 5.85. The lowest BCUT2D eigenvalue weighted by molar-refractivity contribution is -0.116. The Morgan fingerprint density at radius 2 is 1.61 bits per heavy atom. The molecule has 36 heavy (non-hydrogen) atoms. The first-order chi connectivity index (χ1) is 17.4. The van der Waals surface area contributed by atoms with Crippen molar-refractivity contribution in [3.8, 4) is 5.75 Å². The van der Waals surface area contributed by atoms with E-state index in [1.54, 1.807) is 11.7 Å². The van der Waals surface area contributed by atoms with Crippen LogP contribution in [0.15, 0.2) is 77.6 Å². The van der Waals surface area contributed by atoms with Crippen molar-refractivity contribution in [1.29, 1.82) is 0 Å². The van der Waals surface area contributed by atoms with E-state index in [9.17, 15) is 9.59 Å². The molecule has 0 aliphatic heterocycles. The second-order valence-corrected chi connectivity index (χ2v) is 9.48. The topological polar surface area (TPSA) is 60.3 Å². The molecule has 1 heterocycles. The zero-order chi connectivity index (χ0) is 25.7. The highest BCUT2D eigenvalue weighted by Crippen LogP contribution is 2.22. The first kappa shape index (κ1) is 25.2. The van der Waals surface area contributed by atoms with Gasteiger partial charge in [-0.2, -0.15) is 0 Å². The van der Waals surface area contributed by atoms with Crippen molar-refractivity contribution in [2.75, 3.05) is 12.4 Å². The number of nitrogens with zero attached hydrogens (tertiary/aromatic N) is 1. The van der Waals surface area contributed by atoms with E-state index in [2.05, 4.69) is 50.4 Å². The van der Waals surface area contributed by atoms with Gasteiger partial charge < -0.3 is 10.1 Å². The highest BCUT2D eigenvalue weighted by atomic mass is 16.5. The summed E-state index contributed by atoms with van der Waals surface area (Å²) in [4.78, 5) is 26.6. The smallest absolute Gasteiger partial charge is 0.254 e. The Kier molecular flexibility index (Phi) is 7.89. The van der Waals surface area contributed by atoms with Gasteiger partial charge in [-0.25, -0.2) is 0 Å². The van der Waals surface area contributed by atoms with Gasteiger partial charge in [0.1, 0.15) is 12.3 Å². The van der Waals surface area contributed by atoms with E-state index in [1.807, 2.05) is 48.5 Å².